The third-order valence-electron chi connectivity index (χ3n) is 5.18. The first-order valence-electron chi connectivity index (χ1n) is 9.66. The zero-order valence-corrected chi connectivity index (χ0v) is 16.2. The predicted octanol–water partition coefficient (Wildman–Crippen LogP) is 3.74. The van der Waals surface area contributed by atoms with Crippen molar-refractivity contribution in [2.24, 2.45) is 0 Å². The summed E-state index contributed by atoms with van der Waals surface area (Å²) in [6.07, 6.45) is 3.33. The fraction of sp³-hybridized carbons (Fsp3) is 0.273. The number of piperidine rings is 1. The Balaban J connectivity index is 1.73. The van der Waals surface area contributed by atoms with Crippen LogP contribution in [-0.4, -0.2) is 35.9 Å². The van der Waals surface area contributed by atoms with Crippen LogP contribution in [-0.2, 0) is 0 Å². The highest BCUT2D eigenvalue weighted by atomic mass is 19.1. The topological polar surface area (TPSA) is 68.2 Å². The van der Waals surface area contributed by atoms with Gasteiger partial charge in [-0.05, 0) is 56.3 Å². The minimum Gasteiger partial charge on any atom is -0.495 e. The Hall–Kier alpha value is -3.19. The van der Waals surface area contributed by atoms with Gasteiger partial charge >= 0.3 is 0 Å². The van der Waals surface area contributed by atoms with Gasteiger partial charge in [0.2, 0.25) is 0 Å². The summed E-state index contributed by atoms with van der Waals surface area (Å²) in [5, 5.41) is 10.7. The molecule has 1 aromatic heterocycles. The number of hydrogen-bond donors (Lipinski definition) is 2. The highest BCUT2D eigenvalue weighted by Crippen LogP contribution is 2.31. The molecule has 1 aliphatic rings. The van der Waals surface area contributed by atoms with Crippen LogP contribution in [0.5, 0.6) is 5.75 Å². The number of carbonyl (C=O) groups excluding carboxylic acids is 1. The molecule has 0 saturated carbocycles. The highest BCUT2D eigenvalue weighted by Gasteiger charge is 2.27. The Morgan fingerprint density at radius 1 is 1.21 bits per heavy atom. The molecule has 0 bridgehead atoms. The zero-order chi connectivity index (χ0) is 20.2. The van der Waals surface area contributed by atoms with Gasteiger partial charge in [0, 0.05) is 5.92 Å². The molecule has 0 spiro atoms. The first kappa shape index (κ1) is 19.1. The number of rotatable bonds is 5. The lowest BCUT2D eigenvalue weighted by Crippen LogP contribution is -2.29. The molecular formula is C22H23FN4O2. The molecule has 0 atom stereocenters. The number of anilines is 1. The van der Waals surface area contributed by atoms with Crippen molar-refractivity contribution in [2.75, 3.05) is 25.5 Å². The second kappa shape index (κ2) is 8.45. The summed E-state index contributed by atoms with van der Waals surface area (Å²) in [6.45, 7) is 1.74. The van der Waals surface area contributed by atoms with Gasteiger partial charge in [-0.25, -0.2) is 9.07 Å². The molecule has 1 amide bonds. The van der Waals surface area contributed by atoms with Gasteiger partial charge in [-0.1, -0.05) is 18.2 Å². The van der Waals surface area contributed by atoms with Crippen molar-refractivity contribution in [3.8, 4) is 11.4 Å². The third kappa shape index (κ3) is 4.00. The number of nitrogens with one attached hydrogen (secondary N) is 2. The van der Waals surface area contributed by atoms with Crippen molar-refractivity contribution in [3.63, 3.8) is 0 Å². The Labute approximate surface area is 168 Å². The van der Waals surface area contributed by atoms with E-state index in [4.69, 9.17) is 4.74 Å². The van der Waals surface area contributed by atoms with E-state index < -0.39 is 0 Å². The van der Waals surface area contributed by atoms with E-state index in [2.05, 4.69) is 15.7 Å². The van der Waals surface area contributed by atoms with E-state index in [1.165, 1.54) is 12.1 Å². The smallest absolute Gasteiger partial charge is 0.259 e. The van der Waals surface area contributed by atoms with Crippen molar-refractivity contribution in [1.29, 1.82) is 0 Å². The van der Waals surface area contributed by atoms with Crippen molar-refractivity contribution in [3.05, 3.63) is 71.8 Å². The maximum absolute atomic E-state index is 13.8. The van der Waals surface area contributed by atoms with Crippen LogP contribution in [0, 0.1) is 5.82 Å². The van der Waals surface area contributed by atoms with Gasteiger partial charge in [0.25, 0.3) is 5.91 Å². The van der Waals surface area contributed by atoms with Crippen LogP contribution in [0.2, 0.25) is 0 Å². The minimum absolute atomic E-state index is 0.153. The molecule has 4 rings (SSSR count). The van der Waals surface area contributed by atoms with Crippen LogP contribution >= 0.6 is 0 Å². The molecule has 1 aliphatic heterocycles. The largest absolute Gasteiger partial charge is 0.495 e. The van der Waals surface area contributed by atoms with E-state index in [-0.39, 0.29) is 17.6 Å². The monoisotopic (exact) mass is 394 g/mol. The molecule has 2 N–H and O–H groups in total. The summed E-state index contributed by atoms with van der Waals surface area (Å²) in [5.41, 5.74) is 2.50. The van der Waals surface area contributed by atoms with Gasteiger partial charge in [0.05, 0.1) is 35.9 Å². The SMILES string of the molecule is COc1ccccc1NC(=O)c1cnn(-c2cccc(F)c2)c1C1CCNCC1. The standard InChI is InChI=1S/C22H23FN4O2/c1-29-20-8-3-2-7-19(20)26-22(28)18-14-25-27(17-6-4-5-16(23)13-17)21(18)15-9-11-24-12-10-15/h2-8,13-15,24H,9-12H2,1H3,(H,26,28). The first-order chi connectivity index (χ1) is 14.2. The summed E-state index contributed by atoms with van der Waals surface area (Å²) in [7, 11) is 1.56. The molecule has 6 nitrogen and oxygen atoms in total. The van der Waals surface area contributed by atoms with Crippen LogP contribution in [0.15, 0.2) is 54.7 Å². The van der Waals surface area contributed by atoms with Crippen LogP contribution in [0.1, 0.15) is 34.8 Å². The van der Waals surface area contributed by atoms with Crippen LogP contribution in [0.3, 0.4) is 0 Å². The van der Waals surface area contributed by atoms with E-state index in [1.54, 1.807) is 42.3 Å². The van der Waals surface area contributed by atoms with Crippen molar-refractivity contribution >= 4 is 11.6 Å². The molecular weight excluding hydrogens is 371 g/mol. The minimum atomic E-state index is -0.339. The van der Waals surface area contributed by atoms with E-state index in [0.29, 0.717) is 22.7 Å². The molecule has 2 heterocycles. The predicted molar refractivity (Wildman–Crippen MR) is 109 cm³/mol. The Morgan fingerprint density at radius 2 is 2.00 bits per heavy atom. The fourth-order valence-electron chi connectivity index (χ4n) is 3.77. The summed E-state index contributed by atoms with van der Waals surface area (Å²) < 4.78 is 20.8. The molecule has 0 radical (unpaired) electrons. The van der Waals surface area contributed by atoms with Gasteiger partial charge in [-0.15, -0.1) is 0 Å². The number of para-hydroxylation sites is 2. The lowest BCUT2D eigenvalue weighted by Gasteiger charge is -2.24. The molecule has 2 aromatic carbocycles. The molecule has 7 heteroatoms. The summed E-state index contributed by atoms with van der Waals surface area (Å²) in [5.74, 6) is 0.141. The van der Waals surface area contributed by atoms with Crippen molar-refractivity contribution < 1.29 is 13.9 Å². The molecule has 0 unspecified atom stereocenters. The Morgan fingerprint density at radius 3 is 2.76 bits per heavy atom. The number of nitrogens with zero attached hydrogens (tertiary/aromatic N) is 2. The van der Waals surface area contributed by atoms with Crippen molar-refractivity contribution in [2.45, 2.75) is 18.8 Å². The number of carbonyl (C=O) groups is 1. The van der Waals surface area contributed by atoms with Crippen LogP contribution < -0.4 is 15.4 Å². The number of aromatic nitrogens is 2. The molecule has 29 heavy (non-hydrogen) atoms. The maximum Gasteiger partial charge on any atom is 0.259 e. The normalized spacial score (nSPS) is 14.6. The molecule has 0 aliphatic carbocycles. The van der Waals surface area contributed by atoms with Gasteiger partial charge in [-0.2, -0.15) is 5.10 Å². The first-order valence-corrected chi connectivity index (χ1v) is 9.66. The van der Waals surface area contributed by atoms with Crippen LogP contribution in [0.4, 0.5) is 10.1 Å². The molecule has 1 fully saturated rings. The quantitative estimate of drug-likeness (QED) is 0.692. The van der Waals surface area contributed by atoms with Gasteiger partial charge < -0.3 is 15.4 Å². The maximum atomic E-state index is 13.8. The summed E-state index contributed by atoms with van der Waals surface area (Å²) >= 11 is 0. The Bertz CT molecular complexity index is 1010. The van der Waals surface area contributed by atoms with Gasteiger partial charge in [0.15, 0.2) is 0 Å². The molecule has 3 aromatic rings. The number of halogens is 1. The van der Waals surface area contributed by atoms with E-state index in [1.807, 2.05) is 12.1 Å². The fourth-order valence-corrected chi connectivity index (χ4v) is 3.77. The second-order valence-corrected chi connectivity index (χ2v) is 7.01. The summed E-state index contributed by atoms with van der Waals surface area (Å²) in [4.78, 5) is 13.1. The number of amides is 1. The molecule has 150 valence electrons. The van der Waals surface area contributed by atoms with Crippen LogP contribution in [0.25, 0.3) is 5.69 Å². The summed E-state index contributed by atoms with van der Waals surface area (Å²) in [6, 6.07) is 13.5. The molecule has 1 saturated heterocycles. The number of methoxy groups -OCH3 is 1. The van der Waals surface area contributed by atoms with Crippen molar-refractivity contribution in [1.82, 2.24) is 15.1 Å². The lowest BCUT2D eigenvalue weighted by molar-refractivity contribution is 0.102. The van der Waals surface area contributed by atoms with E-state index >= 15 is 0 Å². The average molecular weight is 394 g/mol. The van der Waals surface area contributed by atoms with Gasteiger partial charge in [-0.3, -0.25) is 4.79 Å². The van der Waals surface area contributed by atoms with Gasteiger partial charge in [0.1, 0.15) is 11.6 Å². The highest BCUT2D eigenvalue weighted by molar-refractivity contribution is 6.05. The number of ether oxygens (including phenoxy) is 1. The lowest BCUT2D eigenvalue weighted by atomic mass is 9.91. The van der Waals surface area contributed by atoms with E-state index in [0.717, 1.165) is 31.6 Å². The third-order valence-corrected chi connectivity index (χ3v) is 5.18. The zero-order valence-electron chi connectivity index (χ0n) is 16.2. The average Bonchev–Trinajstić information content (AvgIpc) is 3.20. The number of hydrogen-bond acceptors (Lipinski definition) is 4. The number of benzene rings is 2. The van der Waals surface area contributed by atoms with E-state index in [9.17, 15) is 9.18 Å². The Kier molecular flexibility index (Phi) is 5.57. The second-order valence-electron chi connectivity index (χ2n) is 7.01.